The van der Waals surface area contributed by atoms with E-state index in [2.05, 4.69) is 31.7 Å². The van der Waals surface area contributed by atoms with Crippen LogP contribution in [-0.2, 0) is 0 Å². The predicted molar refractivity (Wildman–Crippen MR) is 72.3 cm³/mol. The van der Waals surface area contributed by atoms with Crippen LogP contribution in [0.3, 0.4) is 0 Å². The number of H-pyrrole nitrogens is 1. The van der Waals surface area contributed by atoms with Crippen LogP contribution in [0.5, 0.6) is 0 Å². The van der Waals surface area contributed by atoms with Crippen LogP contribution in [0.2, 0.25) is 0 Å². The third-order valence-corrected chi connectivity index (χ3v) is 3.22. The molecule has 3 N–H and O–H groups in total. The number of nitrogen functional groups attached to an aromatic ring is 1. The first-order chi connectivity index (χ1) is 9.27. The standard InChI is InChI=1S/C13H14N6/c1-9(10-4-17-18-5-10)19-8-16-7-13(19)11-6-15-3-2-12(11)14/h2-9H,1H3,(H2,14,15)(H,17,18). The second-order valence-electron chi connectivity index (χ2n) is 4.36. The van der Waals surface area contributed by atoms with Crippen molar-refractivity contribution in [2.45, 2.75) is 13.0 Å². The largest absolute Gasteiger partial charge is 0.398 e. The molecule has 1 atom stereocenters. The second-order valence-corrected chi connectivity index (χ2v) is 4.36. The van der Waals surface area contributed by atoms with Crippen molar-refractivity contribution in [2.75, 3.05) is 5.73 Å². The Morgan fingerprint density at radius 2 is 2.16 bits per heavy atom. The van der Waals surface area contributed by atoms with Crippen LogP contribution in [0.25, 0.3) is 11.3 Å². The van der Waals surface area contributed by atoms with Gasteiger partial charge in [-0.05, 0) is 13.0 Å². The fourth-order valence-corrected chi connectivity index (χ4v) is 2.09. The van der Waals surface area contributed by atoms with Gasteiger partial charge in [-0.1, -0.05) is 0 Å². The van der Waals surface area contributed by atoms with Gasteiger partial charge in [-0.25, -0.2) is 4.98 Å². The van der Waals surface area contributed by atoms with E-state index in [1.807, 2.05) is 6.20 Å². The Hall–Kier alpha value is -2.63. The summed E-state index contributed by atoms with van der Waals surface area (Å²) in [6.45, 7) is 2.09. The highest BCUT2D eigenvalue weighted by Gasteiger charge is 2.15. The summed E-state index contributed by atoms with van der Waals surface area (Å²) in [5, 5.41) is 6.80. The number of nitrogens with zero attached hydrogens (tertiary/aromatic N) is 4. The molecule has 0 aliphatic heterocycles. The summed E-state index contributed by atoms with van der Waals surface area (Å²) in [5.74, 6) is 0. The summed E-state index contributed by atoms with van der Waals surface area (Å²) in [4.78, 5) is 8.34. The maximum absolute atomic E-state index is 6.00. The summed E-state index contributed by atoms with van der Waals surface area (Å²) >= 11 is 0. The molecule has 1 unspecified atom stereocenters. The van der Waals surface area contributed by atoms with Crippen molar-refractivity contribution in [1.82, 2.24) is 24.7 Å². The lowest BCUT2D eigenvalue weighted by Gasteiger charge is -2.15. The van der Waals surface area contributed by atoms with E-state index in [4.69, 9.17) is 5.73 Å². The quantitative estimate of drug-likeness (QED) is 0.747. The van der Waals surface area contributed by atoms with E-state index in [0.29, 0.717) is 5.69 Å². The third kappa shape index (κ3) is 1.97. The number of nitrogens with two attached hydrogens (primary N) is 1. The molecule has 0 aromatic carbocycles. The monoisotopic (exact) mass is 254 g/mol. The van der Waals surface area contributed by atoms with Gasteiger partial charge in [0.15, 0.2) is 0 Å². The minimum absolute atomic E-state index is 0.121. The zero-order valence-electron chi connectivity index (χ0n) is 10.5. The first-order valence-corrected chi connectivity index (χ1v) is 5.97. The number of nitrogens with one attached hydrogen (secondary N) is 1. The van der Waals surface area contributed by atoms with Gasteiger partial charge >= 0.3 is 0 Å². The highest BCUT2D eigenvalue weighted by molar-refractivity contribution is 5.72. The summed E-state index contributed by atoms with van der Waals surface area (Å²) < 4.78 is 2.05. The third-order valence-electron chi connectivity index (χ3n) is 3.22. The van der Waals surface area contributed by atoms with Crippen molar-refractivity contribution in [3.8, 4) is 11.3 Å². The van der Waals surface area contributed by atoms with Crippen molar-refractivity contribution >= 4 is 5.69 Å². The van der Waals surface area contributed by atoms with Crippen LogP contribution in [-0.4, -0.2) is 24.7 Å². The average molecular weight is 254 g/mol. The van der Waals surface area contributed by atoms with Crippen LogP contribution in [0.15, 0.2) is 43.4 Å². The fourth-order valence-electron chi connectivity index (χ4n) is 2.09. The van der Waals surface area contributed by atoms with Crippen LogP contribution in [0.4, 0.5) is 5.69 Å². The number of pyridine rings is 1. The van der Waals surface area contributed by atoms with E-state index in [9.17, 15) is 0 Å². The second kappa shape index (κ2) is 4.56. The maximum Gasteiger partial charge on any atom is 0.0956 e. The molecule has 6 nitrogen and oxygen atoms in total. The molecule has 3 rings (SSSR count). The molecule has 19 heavy (non-hydrogen) atoms. The van der Waals surface area contributed by atoms with Gasteiger partial charge in [0.1, 0.15) is 0 Å². The molecule has 0 aliphatic rings. The predicted octanol–water partition coefficient (Wildman–Crippen LogP) is 1.86. The summed E-state index contributed by atoms with van der Waals surface area (Å²) in [6, 6.07) is 1.91. The van der Waals surface area contributed by atoms with Gasteiger partial charge in [0.25, 0.3) is 0 Å². The number of imidazole rings is 1. The lowest BCUT2D eigenvalue weighted by Crippen LogP contribution is -2.07. The Kier molecular flexibility index (Phi) is 2.75. The summed E-state index contributed by atoms with van der Waals surface area (Å²) in [6.07, 6.45) is 10.7. The van der Waals surface area contributed by atoms with Crippen molar-refractivity contribution in [2.24, 2.45) is 0 Å². The van der Waals surface area contributed by atoms with E-state index < -0.39 is 0 Å². The van der Waals surface area contributed by atoms with Gasteiger partial charge in [0, 0.05) is 35.4 Å². The molecule has 0 fully saturated rings. The van der Waals surface area contributed by atoms with E-state index >= 15 is 0 Å². The van der Waals surface area contributed by atoms with Gasteiger partial charge in [-0.2, -0.15) is 5.10 Å². The van der Waals surface area contributed by atoms with Crippen molar-refractivity contribution in [3.05, 3.63) is 48.9 Å². The molecule has 0 radical (unpaired) electrons. The zero-order chi connectivity index (χ0) is 13.2. The van der Waals surface area contributed by atoms with Gasteiger partial charge < -0.3 is 10.3 Å². The number of rotatable bonds is 3. The van der Waals surface area contributed by atoms with Crippen LogP contribution < -0.4 is 5.73 Å². The molecule has 3 heterocycles. The molecule has 0 aliphatic carbocycles. The zero-order valence-corrected chi connectivity index (χ0v) is 10.5. The van der Waals surface area contributed by atoms with Crippen LogP contribution >= 0.6 is 0 Å². The van der Waals surface area contributed by atoms with Gasteiger partial charge in [0.2, 0.25) is 0 Å². The Balaban J connectivity index is 2.06. The molecule has 0 saturated heterocycles. The van der Waals surface area contributed by atoms with Crippen molar-refractivity contribution in [1.29, 1.82) is 0 Å². The molecule has 0 bridgehead atoms. The van der Waals surface area contributed by atoms with Gasteiger partial charge in [0.05, 0.1) is 30.5 Å². The molecule has 3 aromatic heterocycles. The maximum atomic E-state index is 6.00. The Bertz CT molecular complexity index is 670. The van der Waals surface area contributed by atoms with Crippen molar-refractivity contribution < 1.29 is 0 Å². The molecular formula is C13H14N6. The summed E-state index contributed by atoms with van der Waals surface area (Å²) in [5.41, 5.74) is 9.60. The SMILES string of the molecule is CC(c1cn[nH]c1)n1cncc1-c1cnccc1N. The number of hydrogen-bond acceptors (Lipinski definition) is 4. The highest BCUT2D eigenvalue weighted by atomic mass is 15.1. The van der Waals surface area contributed by atoms with Crippen LogP contribution in [0.1, 0.15) is 18.5 Å². The Morgan fingerprint density at radius 3 is 2.89 bits per heavy atom. The fraction of sp³-hybridized carbons (Fsp3) is 0.154. The van der Waals surface area contributed by atoms with Crippen molar-refractivity contribution in [3.63, 3.8) is 0 Å². The highest BCUT2D eigenvalue weighted by Crippen LogP contribution is 2.28. The lowest BCUT2D eigenvalue weighted by atomic mass is 10.1. The number of hydrogen-bond donors (Lipinski definition) is 2. The molecule has 96 valence electrons. The lowest BCUT2D eigenvalue weighted by molar-refractivity contribution is 0.645. The summed E-state index contributed by atoms with van der Waals surface area (Å²) in [7, 11) is 0. The molecule has 0 spiro atoms. The Labute approximate surface area is 110 Å². The van der Waals surface area contributed by atoms with E-state index in [1.54, 1.807) is 37.2 Å². The molecular weight excluding hydrogens is 240 g/mol. The van der Waals surface area contributed by atoms with Crippen LogP contribution in [0, 0.1) is 0 Å². The Morgan fingerprint density at radius 1 is 1.26 bits per heavy atom. The van der Waals surface area contributed by atoms with Gasteiger partial charge in [-0.15, -0.1) is 0 Å². The van der Waals surface area contributed by atoms with Gasteiger partial charge in [-0.3, -0.25) is 10.1 Å². The molecule has 6 heteroatoms. The topological polar surface area (TPSA) is 85.4 Å². The average Bonchev–Trinajstić information content (AvgIpc) is 3.10. The number of anilines is 1. The number of aromatic nitrogens is 5. The smallest absolute Gasteiger partial charge is 0.0956 e. The van der Waals surface area contributed by atoms with E-state index in [-0.39, 0.29) is 6.04 Å². The number of aromatic amines is 1. The molecule has 0 amide bonds. The van der Waals surface area contributed by atoms with E-state index in [1.165, 1.54) is 0 Å². The van der Waals surface area contributed by atoms with E-state index in [0.717, 1.165) is 16.8 Å². The first kappa shape index (κ1) is 11.5. The molecule has 0 saturated carbocycles. The molecule has 3 aromatic rings. The first-order valence-electron chi connectivity index (χ1n) is 5.97. The minimum Gasteiger partial charge on any atom is -0.398 e. The normalized spacial score (nSPS) is 12.5. The minimum atomic E-state index is 0.121.